The van der Waals surface area contributed by atoms with Crippen LogP contribution in [-0.4, -0.2) is 40.9 Å². The molecule has 1 aromatic heterocycles. The fraction of sp³-hybridized carbons (Fsp3) is 0.385. The molecule has 0 aliphatic heterocycles. The summed E-state index contributed by atoms with van der Waals surface area (Å²) >= 11 is 0. The van der Waals surface area contributed by atoms with Crippen LogP contribution in [0.5, 0.6) is 0 Å². The van der Waals surface area contributed by atoms with Gasteiger partial charge in [0.15, 0.2) is 0 Å². The number of imidazole rings is 1. The molecule has 0 saturated carbocycles. The third-order valence-electron chi connectivity index (χ3n) is 3.10. The van der Waals surface area contributed by atoms with Gasteiger partial charge in [-0.15, -0.1) is 0 Å². The molecule has 1 unspecified atom stereocenters. The SMILES string of the molecule is CC(CN)CN(C)C(=O)c1ccc2[nH]c(=O)[nH]c2c1. The topological polar surface area (TPSA) is 95.0 Å². The van der Waals surface area contributed by atoms with Crippen LogP contribution in [0.15, 0.2) is 23.0 Å². The first-order valence-corrected chi connectivity index (χ1v) is 6.19. The van der Waals surface area contributed by atoms with Gasteiger partial charge in [-0.1, -0.05) is 6.92 Å². The zero-order valence-electron chi connectivity index (χ0n) is 11.1. The average molecular weight is 262 g/mol. The molecule has 0 saturated heterocycles. The first-order chi connectivity index (χ1) is 9.01. The van der Waals surface area contributed by atoms with Gasteiger partial charge >= 0.3 is 5.69 Å². The molecule has 1 aromatic carbocycles. The van der Waals surface area contributed by atoms with Gasteiger partial charge in [0.05, 0.1) is 11.0 Å². The molecule has 102 valence electrons. The minimum atomic E-state index is -0.273. The smallest absolute Gasteiger partial charge is 0.323 e. The molecule has 2 rings (SSSR count). The van der Waals surface area contributed by atoms with Gasteiger partial charge in [-0.3, -0.25) is 4.79 Å². The predicted octanol–water partition coefficient (Wildman–Crippen LogP) is 0.523. The number of H-pyrrole nitrogens is 2. The van der Waals surface area contributed by atoms with E-state index in [4.69, 9.17) is 5.73 Å². The van der Waals surface area contributed by atoms with Crippen LogP contribution < -0.4 is 11.4 Å². The monoisotopic (exact) mass is 262 g/mol. The number of carbonyl (C=O) groups is 1. The lowest BCUT2D eigenvalue weighted by atomic mass is 10.1. The van der Waals surface area contributed by atoms with Crippen molar-refractivity contribution >= 4 is 16.9 Å². The summed E-state index contributed by atoms with van der Waals surface area (Å²) in [6.45, 7) is 3.15. The van der Waals surface area contributed by atoms with Gasteiger partial charge in [0.1, 0.15) is 0 Å². The van der Waals surface area contributed by atoms with E-state index >= 15 is 0 Å². The predicted molar refractivity (Wildman–Crippen MR) is 74.1 cm³/mol. The number of hydrogen-bond acceptors (Lipinski definition) is 3. The van der Waals surface area contributed by atoms with Gasteiger partial charge < -0.3 is 20.6 Å². The number of rotatable bonds is 4. The number of aromatic nitrogens is 2. The minimum absolute atomic E-state index is 0.0794. The molecule has 1 heterocycles. The van der Waals surface area contributed by atoms with E-state index in [0.717, 1.165) is 0 Å². The molecule has 1 amide bonds. The lowest BCUT2D eigenvalue weighted by Gasteiger charge is -2.20. The molecule has 1 atom stereocenters. The quantitative estimate of drug-likeness (QED) is 0.749. The summed E-state index contributed by atoms with van der Waals surface area (Å²) in [7, 11) is 1.75. The van der Waals surface area contributed by atoms with E-state index < -0.39 is 0 Å². The first kappa shape index (κ1) is 13.4. The van der Waals surface area contributed by atoms with Gasteiger partial charge in [0, 0.05) is 19.2 Å². The highest BCUT2D eigenvalue weighted by Crippen LogP contribution is 2.12. The van der Waals surface area contributed by atoms with Crippen molar-refractivity contribution in [1.29, 1.82) is 0 Å². The Balaban J connectivity index is 2.23. The second-order valence-electron chi connectivity index (χ2n) is 4.87. The van der Waals surface area contributed by atoms with Crippen molar-refractivity contribution in [3.8, 4) is 0 Å². The molecule has 0 aliphatic rings. The molecule has 19 heavy (non-hydrogen) atoms. The molecular formula is C13H18N4O2. The molecule has 0 fully saturated rings. The van der Waals surface area contributed by atoms with Crippen LogP contribution in [0.4, 0.5) is 0 Å². The zero-order valence-corrected chi connectivity index (χ0v) is 11.1. The van der Waals surface area contributed by atoms with E-state index in [0.29, 0.717) is 29.7 Å². The summed E-state index contributed by atoms with van der Waals surface area (Å²) in [6.07, 6.45) is 0. The van der Waals surface area contributed by atoms with Crippen molar-refractivity contribution in [3.05, 3.63) is 34.2 Å². The zero-order chi connectivity index (χ0) is 14.0. The normalized spacial score (nSPS) is 12.6. The molecule has 0 radical (unpaired) electrons. The molecular weight excluding hydrogens is 244 g/mol. The maximum Gasteiger partial charge on any atom is 0.323 e. The largest absolute Gasteiger partial charge is 0.341 e. The highest BCUT2D eigenvalue weighted by atomic mass is 16.2. The molecule has 2 aromatic rings. The molecule has 0 bridgehead atoms. The molecule has 0 spiro atoms. The van der Waals surface area contributed by atoms with Gasteiger partial charge in [0.25, 0.3) is 5.91 Å². The standard InChI is InChI=1S/C13H18N4O2/c1-8(6-14)7-17(2)12(18)9-3-4-10-11(5-9)16-13(19)15-10/h3-5,8H,6-7,14H2,1-2H3,(H2,15,16,19). The first-order valence-electron chi connectivity index (χ1n) is 6.19. The number of nitrogens with two attached hydrogens (primary N) is 1. The summed E-state index contributed by atoms with van der Waals surface area (Å²) < 4.78 is 0. The highest BCUT2D eigenvalue weighted by Gasteiger charge is 2.14. The lowest BCUT2D eigenvalue weighted by Crippen LogP contribution is -2.33. The molecule has 6 heteroatoms. The molecule has 4 N–H and O–H groups in total. The number of carbonyl (C=O) groups excluding carboxylic acids is 1. The summed E-state index contributed by atoms with van der Waals surface area (Å²) in [5.74, 6) is 0.175. The lowest BCUT2D eigenvalue weighted by molar-refractivity contribution is 0.0777. The maximum absolute atomic E-state index is 12.2. The Morgan fingerprint density at radius 1 is 1.37 bits per heavy atom. The van der Waals surface area contributed by atoms with Gasteiger partial charge in [-0.2, -0.15) is 0 Å². The number of amides is 1. The van der Waals surface area contributed by atoms with Crippen LogP contribution in [0.1, 0.15) is 17.3 Å². The van der Waals surface area contributed by atoms with E-state index in [2.05, 4.69) is 9.97 Å². The number of nitrogens with one attached hydrogen (secondary N) is 2. The Labute approximate surface area is 110 Å². The van der Waals surface area contributed by atoms with E-state index in [1.54, 1.807) is 30.1 Å². The highest BCUT2D eigenvalue weighted by molar-refractivity contribution is 5.97. The fourth-order valence-electron chi connectivity index (χ4n) is 2.01. The van der Waals surface area contributed by atoms with Crippen molar-refractivity contribution in [2.24, 2.45) is 11.7 Å². The second-order valence-corrected chi connectivity index (χ2v) is 4.87. The molecule has 0 aliphatic carbocycles. The third-order valence-corrected chi connectivity index (χ3v) is 3.10. The van der Waals surface area contributed by atoms with E-state index in [9.17, 15) is 9.59 Å². The summed E-state index contributed by atoms with van der Waals surface area (Å²) in [6, 6.07) is 5.11. The molecule has 6 nitrogen and oxygen atoms in total. The number of benzene rings is 1. The van der Waals surface area contributed by atoms with Gasteiger partial charge in [-0.05, 0) is 30.7 Å². The van der Waals surface area contributed by atoms with Crippen LogP contribution in [0, 0.1) is 5.92 Å². The maximum atomic E-state index is 12.2. The summed E-state index contributed by atoms with van der Waals surface area (Å²) in [5, 5.41) is 0. The Morgan fingerprint density at radius 3 is 2.74 bits per heavy atom. The van der Waals surface area contributed by atoms with Crippen molar-refractivity contribution < 1.29 is 4.79 Å². The van der Waals surface area contributed by atoms with Crippen molar-refractivity contribution in [1.82, 2.24) is 14.9 Å². The van der Waals surface area contributed by atoms with Crippen LogP contribution >= 0.6 is 0 Å². The fourth-order valence-corrected chi connectivity index (χ4v) is 2.01. The van der Waals surface area contributed by atoms with Crippen molar-refractivity contribution in [2.45, 2.75) is 6.92 Å². The average Bonchev–Trinajstić information content (AvgIpc) is 2.76. The van der Waals surface area contributed by atoms with Gasteiger partial charge in [0.2, 0.25) is 0 Å². The second kappa shape index (κ2) is 5.27. The Bertz CT molecular complexity index is 643. The Morgan fingerprint density at radius 2 is 2.05 bits per heavy atom. The van der Waals surface area contributed by atoms with Gasteiger partial charge in [-0.25, -0.2) is 4.79 Å². The summed E-state index contributed by atoms with van der Waals surface area (Å²) in [5.41, 5.74) is 7.16. The Kier molecular flexibility index (Phi) is 3.71. The minimum Gasteiger partial charge on any atom is -0.341 e. The Hall–Kier alpha value is -2.08. The van der Waals surface area contributed by atoms with Crippen LogP contribution in [0.25, 0.3) is 11.0 Å². The number of hydrogen-bond donors (Lipinski definition) is 3. The number of nitrogens with zero attached hydrogens (tertiary/aromatic N) is 1. The number of aromatic amines is 2. The van der Waals surface area contributed by atoms with Crippen molar-refractivity contribution in [3.63, 3.8) is 0 Å². The van der Waals surface area contributed by atoms with Crippen LogP contribution in [-0.2, 0) is 0 Å². The van der Waals surface area contributed by atoms with Crippen molar-refractivity contribution in [2.75, 3.05) is 20.1 Å². The number of fused-ring (bicyclic) bond motifs is 1. The van der Waals surface area contributed by atoms with E-state index in [-0.39, 0.29) is 17.5 Å². The summed E-state index contributed by atoms with van der Waals surface area (Å²) in [4.78, 5) is 30.3. The van der Waals surface area contributed by atoms with E-state index in [1.165, 1.54) is 0 Å². The van der Waals surface area contributed by atoms with Crippen LogP contribution in [0.3, 0.4) is 0 Å². The van der Waals surface area contributed by atoms with E-state index in [1.807, 2.05) is 6.92 Å². The van der Waals surface area contributed by atoms with Crippen LogP contribution in [0.2, 0.25) is 0 Å². The third kappa shape index (κ3) is 2.85.